The van der Waals surface area contributed by atoms with Crippen molar-refractivity contribution in [1.29, 1.82) is 0 Å². The fraction of sp³-hybridized carbons (Fsp3) is 0.275. The second kappa shape index (κ2) is 22.6. The minimum atomic E-state index is -4.31. The number of benzene rings is 6. The van der Waals surface area contributed by atoms with Gasteiger partial charge >= 0.3 is 6.09 Å². The summed E-state index contributed by atoms with van der Waals surface area (Å²) in [6, 6.07) is 55.8. The number of hydrogen-bond donors (Lipinski definition) is 1. The van der Waals surface area contributed by atoms with Gasteiger partial charge in [-0.25, -0.2) is 4.79 Å². The highest BCUT2D eigenvalue weighted by Gasteiger charge is 2.65. The molecule has 6 aromatic carbocycles. The number of rotatable bonds is 21. The first-order chi connectivity index (χ1) is 30.8. The molecule has 12 heteroatoms. The van der Waals surface area contributed by atoms with Gasteiger partial charge in [0, 0.05) is 0 Å². The summed E-state index contributed by atoms with van der Waals surface area (Å²) in [6.45, 7) is 0.0322. The molecule has 7 rings (SSSR count). The molecule has 0 radical (unpaired) electrons. The molecule has 0 bridgehead atoms. The monoisotopic (exact) mass is 871 g/mol. The van der Waals surface area contributed by atoms with Crippen molar-refractivity contribution >= 4 is 16.2 Å². The number of nitrogens with one attached hydrogen (secondary N) is 1. The predicted molar refractivity (Wildman–Crippen MR) is 238 cm³/mol. The summed E-state index contributed by atoms with van der Waals surface area (Å²) >= 11 is 0. The Kier molecular flexibility index (Phi) is 16.3. The molecule has 1 N–H and O–H groups in total. The summed E-state index contributed by atoms with van der Waals surface area (Å²) in [5.41, 5.74) is 3.13. The van der Waals surface area contributed by atoms with Crippen LogP contribution in [0.15, 0.2) is 182 Å². The van der Waals surface area contributed by atoms with Crippen LogP contribution in [-0.4, -0.2) is 63.4 Å². The Bertz CT molecular complexity index is 2360. The number of carbonyl (C=O) groups excluding carboxylic acids is 1. The first-order valence-corrected chi connectivity index (χ1v) is 22.7. The van der Waals surface area contributed by atoms with Crippen molar-refractivity contribution in [3.8, 4) is 0 Å². The summed E-state index contributed by atoms with van der Waals surface area (Å²) in [7, 11) is -4.31. The first-order valence-electron chi connectivity index (χ1n) is 20.9. The van der Waals surface area contributed by atoms with Crippen LogP contribution in [0.4, 0.5) is 4.79 Å². The maximum absolute atomic E-state index is 14.1. The summed E-state index contributed by atoms with van der Waals surface area (Å²) in [5.74, 6) is 0. The Hall–Kier alpha value is -5.70. The van der Waals surface area contributed by atoms with Crippen LogP contribution in [0, 0.1) is 0 Å². The Morgan fingerprint density at radius 3 is 1.32 bits per heavy atom. The van der Waals surface area contributed by atoms with E-state index in [2.05, 4.69) is 5.32 Å². The van der Waals surface area contributed by atoms with Gasteiger partial charge < -0.3 is 33.7 Å². The molecule has 11 nitrogen and oxygen atoms in total. The van der Waals surface area contributed by atoms with Gasteiger partial charge in [-0.3, -0.25) is 4.18 Å². The van der Waals surface area contributed by atoms with Crippen LogP contribution < -0.4 is 5.32 Å². The minimum Gasteiger partial charge on any atom is -0.445 e. The molecular weight excluding hydrogens is 819 g/mol. The van der Waals surface area contributed by atoms with Crippen molar-refractivity contribution in [2.45, 2.75) is 75.7 Å². The van der Waals surface area contributed by atoms with Gasteiger partial charge in [-0.1, -0.05) is 182 Å². The maximum Gasteiger partial charge on any atom is 0.407 e. The number of ether oxygens (including phenoxy) is 6. The van der Waals surface area contributed by atoms with Gasteiger partial charge in [0.25, 0.3) is 10.1 Å². The minimum absolute atomic E-state index is 0.0174. The normalized spacial score (nSPS) is 21.1. The highest BCUT2D eigenvalue weighted by atomic mass is 32.2. The van der Waals surface area contributed by atoms with E-state index in [1.54, 1.807) is 0 Å². The molecule has 0 aromatic heterocycles. The molecule has 6 aromatic rings. The molecule has 1 aliphatic carbocycles. The largest absolute Gasteiger partial charge is 0.445 e. The Labute approximate surface area is 370 Å². The zero-order valence-electron chi connectivity index (χ0n) is 35.1. The predicted octanol–water partition coefficient (Wildman–Crippen LogP) is 8.57. The van der Waals surface area contributed by atoms with E-state index in [-0.39, 0.29) is 46.2 Å². The number of carbonyl (C=O) groups is 1. The quantitative estimate of drug-likeness (QED) is 0.0703. The van der Waals surface area contributed by atoms with Gasteiger partial charge in [-0.05, 0) is 33.4 Å². The van der Waals surface area contributed by atoms with E-state index in [9.17, 15) is 13.2 Å². The Balaban J connectivity index is 1.39. The smallest absolute Gasteiger partial charge is 0.407 e. The zero-order valence-corrected chi connectivity index (χ0v) is 36.0. The molecule has 1 saturated carbocycles. The van der Waals surface area contributed by atoms with Gasteiger partial charge in [0.2, 0.25) is 0 Å². The van der Waals surface area contributed by atoms with E-state index in [0.29, 0.717) is 0 Å². The summed E-state index contributed by atoms with van der Waals surface area (Å²) < 4.78 is 74.0. The molecule has 1 amide bonds. The second-order valence-electron chi connectivity index (χ2n) is 15.4. The van der Waals surface area contributed by atoms with Crippen LogP contribution in [0.2, 0.25) is 0 Å². The number of alkyl carbamates (subject to hydrolysis) is 1. The molecule has 1 fully saturated rings. The highest BCUT2D eigenvalue weighted by molar-refractivity contribution is 7.86. The van der Waals surface area contributed by atoms with Crippen LogP contribution in [0.25, 0.3) is 0 Å². The van der Waals surface area contributed by atoms with Crippen molar-refractivity contribution in [3.63, 3.8) is 0 Å². The molecule has 0 spiro atoms. The highest BCUT2D eigenvalue weighted by Crippen LogP contribution is 2.43. The average molecular weight is 872 g/mol. The molecule has 1 aliphatic rings. The average Bonchev–Trinajstić information content (AvgIpc) is 3.31. The van der Waals surface area contributed by atoms with Gasteiger partial charge in [0.1, 0.15) is 31.0 Å². The van der Waals surface area contributed by atoms with Gasteiger partial charge in [0.15, 0.2) is 5.60 Å². The molecule has 63 heavy (non-hydrogen) atoms. The van der Waals surface area contributed by atoms with E-state index in [4.69, 9.17) is 32.6 Å². The maximum atomic E-state index is 14.1. The third-order valence-corrected chi connectivity index (χ3v) is 11.2. The fourth-order valence-electron chi connectivity index (χ4n) is 7.66. The summed E-state index contributed by atoms with van der Waals surface area (Å²) in [4.78, 5) is 14.1. The van der Waals surface area contributed by atoms with Crippen molar-refractivity contribution in [2.24, 2.45) is 0 Å². The first kappa shape index (κ1) is 45.3. The Morgan fingerprint density at radius 1 is 0.492 bits per heavy atom. The van der Waals surface area contributed by atoms with Crippen molar-refractivity contribution in [1.82, 2.24) is 5.32 Å². The lowest BCUT2D eigenvalue weighted by Crippen LogP contribution is -2.78. The lowest BCUT2D eigenvalue weighted by molar-refractivity contribution is -0.300. The van der Waals surface area contributed by atoms with Crippen molar-refractivity contribution in [2.75, 3.05) is 12.9 Å². The fourth-order valence-corrected chi connectivity index (χ4v) is 8.32. The molecule has 0 unspecified atom stereocenters. The lowest BCUT2D eigenvalue weighted by atomic mass is 9.73. The van der Waals surface area contributed by atoms with Gasteiger partial charge in [-0.15, -0.1) is 0 Å². The molecular formula is C51H53NO10S. The van der Waals surface area contributed by atoms with E-state index in [1.165, 1.54) is 0 Å². The third-order valence-electron chi connectivity index (χ3n) is 10.7. The van der Waals surface area contributed by atoms with Crippen LogP contribution in [0.3, 0.4) is 0 Å². The molecule has 0 heterocycles. The molecule has 6 atom stereocenters. The SMILES string of the molecule is CS(=O)(=O)O[C@H]1[C@H](NC(=O)OCc2ccccc2)[C@H](OCc2ccccc2)[C@@H](OCc2ccccc2)[C@H](OCc2ccccc2)[C@]1(COCc1ccccc1)OCc1ccccc1. The summed E-state index contributed by atoms with van der Waals surface area (Å²) in [6.07, 6.45) is -4.73. The van der Waals surface area contributed by atoms with E-state index in [1.807, 2.05) is 182 Å². The topological polar surface area (TPSA) is 128 Å². The van der Waals surface area contributed by atoms with Crippen LogP contribution in [0.1, 0.15) is 33.4 Å². The van der Waals surface area contributed by atoms with E-state index < -0.39 is 52.3 Å². The van der Waals surface area contributed by atoms with E-state index >= 15 is 0 Å². The molecule has 0 aliphatic heterocycles. The molecule has 328 valence electrons. The van der Waals surface area contributed by atoms with Crippen LogP contribution >= 0.6 is 0 Å². The molecule has 0 saturated heterocycles. The zero-order chi connectivity index (χ0) is 43.7. The third kappa shape index (κ3) is 13.2. The van der Waals surface area contributed by atoms with Gasteiger partial charge in [0.05, 0.1) is 51.9 Å². The lowest BCUT2D eigenvalue weighted by Gasteiger charge is -2.55. The van der Waals surface area contributed by atoms with Crippen molar-refractivity contribution < 1.29 is 45.8 Å². The van der Waals surface area contributed by atoms with Crippen molar-refractivity contribution in [3.05, 3.63) is 215 Å². The van der Waals surface area contributed by atoms with Gasteiger partial charge in [-0.2, -0.15) is 8.42 Å². The van der Waals surface area contributed by atoms with Crippen LogP contribution in [0.5, 0.6) is 0 Å². The Morgan fingerprint density at radius 2 is 0.873 bits per heavy atom. The summed E-state index contributed by atoms with van der Waals surface area (Å²) in [5, 5.41) is 2.99. The second-order valence-corrected chi connectivity index (χ2v) is 17.0. The number of hydrogen-bond acceptors (Lipinski definition) is 10. The number of amides is 1. The standard InChI is InChI=1S/C51H53NO10S/c1-63(54,55)62-48-45(52-50(53)60-36-43-28-16-6-17-29-43)46(57-33-40-22-10-3-11-23-40)47(58-34-41-24-12-4-13-25-41)49(59-35-42-26-14-5-15-27-42)51(48,61-37-44-30-18-7-19-31-44)38-56-32-39-20-8-2-9-21-39/h2-31,45-49H,32-38H2,1H3,(H,52,53)/t45-,46+,47-,48+,49+,51-/m1/s1. The van der Waals surface area contributed by atoms with Crippen LogP contribution in [-0.2, 0) is 82.4 Å². The van der Waals surface area contributed by atoms with E-state index in [0.717, 1.165) is 39.6 Å².